The summed E-state index contributed by atoms with van der Waals surface area (Å²) in [6, 6.07) is 8.85. The number of aliphatic imine (C=N–C) groups is 1. The highest BCUT2D eigenvalue weighted by molar-refractivity contribution is 5.79. The van der Waals surface area contributed by atoms with Crippen molar-refractivity contribution in [2.75, 3.05) is 46.3 Å². The summed E-state index contributed by atoms with van der Waals surface area (Å²) in [7, 11) is 1.84. The Balaban J connectivity index is 1.32. The standard InChI is InChI=1S/C24H41N5O/c1-25-24(26-13-6-16-28-14-4-2-3-5-15-28)27-19-21-7-9-22(10-8-21)20-29-17-11-23(30)12-18-29/h7-10,23,30H,2-6,11-20H2,1H3,(H2,25,26,27). The van der Waals surface area contributed by atoms with Gasteiger partial charge in [-0.05, 0) is 62.9 Å². The Hall–Kier alpha value is -1.63. The van der Waals surface area contributed by atoms with Gasteiger partial charge in [-0.3, -0.25) is 9.89 Å². The minimum atomic E-state index is -0.105. The highest BCUT2D eigenvalue weighted by atomic mass is 16.3. The molecule has 3 rings (SSSR count). The van der Waals surface area contributed by atoms with Crippen molar-refractivity contribution < 1.29 is 5.11 Å². The van der Waals surface area contributed by atoms with E-state index >= 15 is 0 Å². The summed E-state index contributed by atoms with van der Waals surface area (Å²) in [6.07, 6.45) is 8.35. The molecule has 0 amide bonds. The van der Waals surface area contributed by atoms with Gasteiger partial charge in [0.1, 0.15) is 0 Å². The summed E-state index contributed by atoms with van der Waals surface area (Å²) < 4.78 is 0. The van der Waals surface area contributed by atoms with E-state index in [-0.39, 0.29) is 6.10 Å². The quantitative estimate of drug-likeness (QED) is 0.346. The molecule has 2 saturated heterocycles. The molecule has 1 aromatic rings. The summed E-state index contributed by atoms with van der Waals surface area (Å²) in [4.78, 5) is 9.39. The van der Waals surface area contributed by atoms with E-state index in [1.165, 1.54) is 56.4 Å². The topological polar surface area (TPSA) is 63.1 Å². The van der Waals surface area contributed by atoms with Crippen molar-refractivity contribution in [2.24, 2.45) is 4.99 Å². The van der Waals surface area contributed by atoms with E-state index in [9.17, 15) is 5.11 Å². The fraction of sp³-hybridized carbons (Fsp3) is 0.708. The first-order chi connectivity index (χ1) is 14.7. The van der Waals surface area contributed by atoms with Crippen LogP contribution in [-0.2, 0) is 13.1 Å². The SMILES string of the molecule is CN=C(NCCCN1CCCCCC1)NCc1ccc(CN2CCC(O)CC2)cc1. The maximum atomic E-state index is 9.64. The van der Waals surface area contributed by atoms with Crippen molar-refractivity contribution in [1.82, 2.24) is 20.4 Å². The molecule has 0 saturated carbocycles. The fourth-order valence-corrected chi connectivity index (χ4v) is 4.37. The van der Waals surface area contributed by atoms with Crippen LogP contribution in [0.3, 0.4) is 0 Å². The second-order valence-electron chi connectivity index (χ2n) is 8.79. The molecule has 2 aliphatic rings. The molecule has 0 spiro atoms. The molecule has 0 aromatic heterocycles. The van der Waals surface area contributed by atoms with Gasteiger partial charge in [-0.1, -0.05) is 37.1 Å². The molecule has 0 atom stereocenters. The molecule has 1 aromatic carbocycles. The molecule has 0 radical (unpaired) electrons. The van der Waals surface area contributed by atoms with Crippen LogP contribution in [0.25, 0.3) is 0 Å². The molecule has 30 heavy (non-hydrogen) atoms. The third-order valence-electron chi connectivity index (χ3n) is 6.31. The van der Waals surface area contributed by atoms with Crippen LogP contribution >= 0.6 is 0 Å². The van der Waals surface area contributed by atoms with Crippen molar-refractivity contribution in [3.05, 3.63) is 35.4 Å². The summed E-state index contributed by atoms with van der Waals surface area (Å²) in [5, 5.41) is 16.5. The first-order valence-electron chi connectivity index (χ1n) is 11.9. The molecule has 6 nitrogen and oxygen atoms in total. The number of rotatable bonds is 8. The van der Waals surface area contributed by atoms with E-state index in [1.54, 1.807) is 0 Å². The smallest absolute Gasteiger partial charge is 0.191 e. The van der Waals surface area contributed by atoms with Crippen molar-refractivity contribution in [3.63, 3.8) is 0 Å². The van der Waals surface area contributed by atoms with E-state index in [1.807, 2.05) is 7.05 Å². The van der Waals surface area contributed by atoms with Gasteiger partial charge in [-0.25, -0.2) is 0 Å². The molecule has 6 heteroatoms. The van der Waals surface area contributed by atoms with E-state index in [0.717, 1.165) is 57.9 Å². The first kappa shape index (κ1) is 23.0. The Morgan fingerprint density at radius 2 is 1.60 bits per heavy atom. The monoisotopic (exact) mass is 415 g/mol. The van der Waals surface area contributed by atoms with Crippen LogP contribution in [0.1, 0.15) is 56.1 Å². The van der Waals surface area contributed by atoms with Crippen molar-refractivity contribution in [2.45, 2.75) is 64.1 Å². The Kier molecular flexibility index (Phi) is 9.93. The largest absolute Gasteiger partial charge is 0.393 e. The lowest BCUT2D eigenvalue weighted by Crippen LogP contribution is -2.38. The van der Waals surface area contributed by atoms with Gasteiger partial charge in [0.05, 0.1) is 6.10 Å². The molecule has 2 fully saturated rings. The van der Waals surface area contributed by atoms with Crippen molar-refractivity contribution >= 4 is 5.96 Å². The second-order valence-corrected chi connectivity index (χ2v) is 8.79. The second kappa shape index (κ2) is 12.9. The number of likely N-dealkylation sites (tertiary alicyclic amines) is 2. The van der Waals surface area contributed by atoms with Gasteiger partial charge in [0.25, 0.3) is 0 Å². The highest BCUT2D eigenvalue weighted by Crippen LogP contribution is 2.14. The predicted octanol–water partition coefficient (Wildman–Crippen LogP) is 2.57. The van der Waals surface area contributed by atoms with E-state index in [0.29, 0.717) is 0 Å². The number of hydrogen-bond acceptors (Lipinski definition) is 4. The van der Waals surface area contributed by atoms with Gasteiger partial charge >= 0.3 is 0 Å². The van der Waals surface area contributed by atoms with Crippen LogP contribution in [-0.4, -0.2) is 73.3 Å². The minimum Gasteiger partial charge on any atom is -0.393 e. The number of guanidine groups is 1. The molecule has 0 aliphatic carbocycles. The molecule has 168 valence electrons. The van der Waals surface area contributed by atoms with Gasteiger partial charge in [0.15, 0.2) is 5.96 Å². The Morgan fingerprint density at radius 3 is 2.27 bits per heavy atom. The summed E-state index contributed by atoms with van der Waals surface area (Å²) in [5.74, 6) is 0.877. The first-order valence-corrected chi connectivity index (χ1v) is 11.9. The predicted molar refractivity (Wildman–Crippen MR) is 125 cm³/mol. The molecule has 0 bridgehead atoms. The molecular weight excluding hydrogens is 374 g/mol. The average molecular weight is 416 g/mol. The normalized spacial score (nSPS) is 20.1. The number of aliphatic hydroxyl groups is 1. The van der Waals surface area contributed by atoms with E-state index in [2.05, 4.69) is 49.7 Å². The number of nitrogens with zero attached hydrogens (tertiary/aromatic N) is 3. The van der Waals surface area contributed by atoms with Gasteiger partial charge in [-0.15, -0.1) is 0 Å². The Morgan fingerprint density at radius 1 is 0.933 bits per heavy atom. The van der Waals surface area contributed by atoms with Gasteiger partial charge in [-0.2, -0.15) is 0 Å². The summed E-state index contributed by atoms with van der Waals surface area (Å²) >= 11 is 0. The molecule has 2 heterocycles. The van der Waals surface area contributed by atoms with Gasteiger partial charge in [0, 0.05) is 39.8 Å². The molecular formula is C24H41N5O. The molecule has 2 aliphatic heterocycles. The van der Waals surface area contributed by atoms with Crippen LogP contribution in [0.4, 0.5) is 0 Å². The van der Waals surface area contributed by atoms with Crippen LogP contribution in [0.2, 0.25) is 0 Å². The fourth-order valence-electron chi connectivity index (χ4n) is 4.37. The number of hydrogen-bond donors (Lipinski definition) is 3. The lowest BCUT2D eigenvalue weighted by atomic mass is 10.1. The number of benzene rings is 1. The number of nitrogens with one attached hydrogen (secondary N) is 2. The van der Waals surface area contributed by atoms with Gasteiger partial charge < -0.3 is 20.6 Å². The summed E-state index contributed by atoms with van der Waals surface area (Å²) in [6.45, 7) is 8.41. The zero-order valence-corrected chi connectivity index (χ0v) is 18.8. The van der Waals surface area contributed by atoms with E-state index in [4.69, 9.17) is 0 Å². The Labute approximate surface area is 182 Å². The molecule has 3 N–H and O–H groups in total. The van der Waals surface area contributed by atoms with E-state index < -0.39 is 0 Å². The maximum Gasteiger partial charge on any atom is 0.191 e. The zero-order chi connectivity index (χ0) is 21.0. The van der Waals surface area contributed by atoms with Gasteiger partial charge in [0.2, 0.25) is 0 Å². The maximum absolute atomic E-state index is 9.64. The third kappa shape index (κ3) is 8.25. The number of piperidine rings is 1. The lowest BCUT2D eigenvalue weighted by molar-refractivity contribution is 0.0792. The lowest BCUT2D eigenvalue weighted by Gasteiger charge is -2.29. The minimum absolute atomic E-state index is 0.105. The van der Waals surface area contributed by atoms with Crippen LogP contribution in [0.15, 0.2) is 29.3 Å². The highest BCUT2D eigenvalue weighted by Gasteiger charge is 2.16. The van der Waals surface area contributed by atoms with Crippen molar-refractivity contribution in [3.8, 4) is 0 Å². The van der Waals surface area contributed by atoms with Crippen LogP contribution in [0, 0.1) is 0 Å². The molecule has 0 unspecified atom stereocenters. The van der Waals surface area contributed by atoms with Crippen LogP contribution in [0.5, 0.6) is 0 Å². The average Bonchev–Trinajstić information content (AvgIpc) is 3.05. The van der Waals surface area contributed by atoms with Crippen LogP contribution < -0.4 is 10.6 Å². The summed E-state index contributed by atoms with van der Waals surface area (Å²) in [5.41, 5.74) is 2.60. The Bertz CT molecular complexity index is 617. The number of aliphatic hydroxyl groups excluding tert-OH is 1. The van der Waals surface area contributed by atoms with Crippen molar-refractivity contribution in [1.29, 1.82) is 0 Å². The zero-order valence-electron chi connectivity index (χ0n) is 18.8. The third-order valence-corrected chi connectivity index (χ3v) is 6.31.